The molecule has 0 aliphatic heterocycles. The van der Waals surface area contributed by atoms with E-state index in [0.717, 1.165) is 22.3 Å². The molecule has 2 heterocycles. The van der Waals surface area contributed by atoms with Gasteiger partial charge in [0.1, 0.15) is 0 Å². The Morgan fingerprint density at radius 1 is 1.43 bits per heavy atom. The van der Waals surface area contributed by atoms with Crippen LogP contribution in [0.3, 0.4) is 0 Å². The number of hydrogen-bond acceptors (Lipinski definition) is 4. The molecular formula is C14H13ClN4OS. The number of benzene rings is 1. The Balaban J connectivity index is 1.89. The van der Waals surface area contributed by atoms with Crippen LogP contribution in [0.1, 0.15) is 23.0 Å². The number of hydrogen-bond donors (Lipinski definition) is 1. The van der Waals surface area contributed by atoms with Gasteiger partial charge in [0, 0.05) is 12.7 Å². The molecule has 0 spiro atoms. The van der Waals surface area contributed by atoms with Crippen LogP contribution in [0.2, 0.25) is 5.02 Å². The van der Waals surface area contributed by atoms with Crippen molar-refractivity contribution in [3.05, 3.63) is 40.7 Å². The standard InChI is InChI=1S/C14H13ClN4OS/c1-3-19-7-6-10(18-19)13(20)17-14-16-11-8(2)4-5-9(15)12(11)21-14/h4-7H,3H2,1-2H3,(H,16,17,20). The fourth-order valence-corrected chi connectivity index (χ4v) is 3.19. The fraction of sp³-hybridized carbons (Fsp3) is 0.214. The number of nitrogens with one attached hydrogen (secondary N) is 1. The Labute approximate surface area is 130 Å². The number of nitrogens with zero attached hydrogens (tertiary/aromatic N) is 3. The van der Waals surface area contributed by atoms with Gasteiger partial charge in [-0.1, -0.05) is 29.0 Å². The number of anilines is 1. The quantitative estimate of drug-likeness (QED) is 0.800. The van der Waals surface area contributed by atoms with Gasteiger partial charge >= 0.3 is 0 Å². The van der Waals surface area contributed by atoms with E-state index in [1.54, 1.807) is 16.9 Å². The van der Waals surface area contributed by atoms with Gasteiger partial charge < -0.3 is 0 Å². The number of halogens is 1. The maximum absolute atomic E-state index is 12.1. The van der Waals surface area contributed by atoms with E-state index in [9.17, 15) is 4.79 Å². The lowest BCUT2D eigenvalue weighted by molar-refractivity contribution is 0.102. The summed E-state index contributed by atoms with van der Waals surface area (Å²) in [5, 5.41) is 8.11. The minimum absolute atomic E-state index is 0.268. The highest BCUT2D eigenvalue weighted by molar-refractivity contribution is 7.23. The zero-order valence-corrected chi connectivity index (χ0v) is 13.1. The summed E-state index contributed by atoms with van der Waals surface area (Å²) in [5.41, 5.74) is 2.22. The molecule has 1 N–H and O–H groups in total. The number of carbonyl (C=O) groups excluding carboxylic acids is 1. The first-order valence-electron chi connectivity index (χ1n) is 6.49. The molecule has 0 saturated carbocycles. The summed E-state index contributed by atoms with van der Waals surface area (Å²) in [5.74, 6) is -0.268. The first kappa shape index (κ1) is 14.0. The first-order valence-corrected chi connectivity index (χ1v) is 7.68. The largest absolute Gasteiger partial charge is 0.296 e. The van der Waals surface area contributed by atoms with E-state index < -0.39 is 0 Å². The third-order valence-electron chi connectivity index (χ3n) is 3.12. The Morgan fingerprint density at radius 3 is 2.90 bits per heavy atom. The van der Waals surface area contributed by atoms with Gasteiger partial charge in [-0.25, -0.2) is 4.98 Å². The normalized spacial score (nSPS) is 11.0. The minimum Gasteiger partial charge on any atom is -0.296 e. The number of carbonyl (C=O) groups is 1. The lowest BCUT2D eigenvalue weighted by Gasteiger charge is -1.97. The Hall–Kier alpha value is -1.92. The third kappa shape index (κ3) is 2.64. The van der Waals surface area contributed by atoms with E-state index in [1.165, 1.54) is 11.3 Å². The maximum atomic E-state index is 12.1. The fourth-order valence-electron chi connectivity index (χ4n) is 1.98. The number of thiazole rings is 1. The second-order valence-corrected chi connectivity index (χ2v) is 5.98. The van der Waals surface area contributed by atoms with Crippen molar-refractivity contribution in [2.75, 3.05) is 5.32 Å². The number of amides is 1. The van der Waals surface area contributed by atoms with Crippen LogP contribution in [0.5, 0.6) is 0 Å². The second kappa shape index (κ2) is 5.46. The summed E-state index contributed by atoms with van der Waals surface area (Å²) in [6.07, 6.45) is 1.77. The molecule has 0 unspecified atom stereocenters. The maximum Gasteiger partial charge on any atom is 0.277 e. The van der Waals surface area contributed by atoms with Crippen LogP contribution in [-0.4, -0.2) is 20.7 Å². The molecule has 0 atom stereocenters. The van der Waals surface area contributed by atoms with Crippen LogP contribution < -0.4 is 5.32 Å². The van der Waals surface area contributed by atoms with Crippen LogP contribution in [0.15, 0.2) is 24.4 Å². The van der Waals surface area contributed by atoms with E-state index in [-0.39, 0.29) is 5.91 Å². The lowest BCUT2D eigenvalue weighted by Crippen LogP contribution is -2.13. The lowest BCUT2D eigenvalue weighted by atomic mass is 10.2. The summed E-state index contributed by atoms with van der Waals surface area (Å²) in [4.78, 5) is 16.6. The zero-order valence-electron chi connectivity index (χ0n) is 11.6. The predicted molar refractivity (Wildman–Crippen MR) is 85.2 cm³/mol. The molecule has 5 nitrogen and oxygen atoms in total. The first-order chi connectivity index (χ1) is 10.1. The van der Waals surface area contributed by atoms with Crippen molar-refractivity contribution in [1.82, 2.24) is 14.8 Å². The van der Waals surface area contributed by atoms with Gasteiger partial charge in [-0.2, -0.15) is 5.10 Å². The average Bonchev–Trinajstić information content (AvgIpc) is 3.09. The van der Waals surface area contributed by atoms with Crippen molar-refractivity contribution in [2.24, 2.45) is 0 Å². The summed E-state index contributed by atoms with van der Waals surface area (Å²) in [6, 6.07) is 5.44. The molecule has 0 saturated heterocycles. The predicted octanol–water partition coefficient (Wildman–Crippen LogP) is 3.73. The Kier molecular flexibility index (Phi) is 3.65. The van der Waals surface area contributed by atoms with Gasteiger partial charge in [0.25, 0.3) is 5.91 Å². The SMILES string of the molecule is CCn1ccc(C(=O)Nc2nc3c(C)ccc(Cl)c3s2)n1. The smallest absolute Gasteiger partial charge is 0.277 e. The van der Waals surface area contributed by atoms with Crippen molar-refractivity contribution in [3.8, 4) is 0 Å². The van der Waals surface area contributed by atoms with Gasteiger partial charge in [0.15, 0.2) is 10.8 Å². The molecule has 3 aromatic rings. The monoisotopic (exact) mass is 320 g/mol. The second-order valence-electron chi connectivity index (χ2n) is 4.57. The molecule has 0 fully saturated rings. The molecule has 1 amide bonds. The van der Waals surface area contributed by atoms with Crippen LogP contribution in [0, 0.1) is 6.92 Å². The summed E-state index contributed by atoms with van der Waals surface area (Å²) < 4.78 is 2.58. The van der Waals surface area contributed by atoms with Crippen molar-refractivity contribution < 1.29 is 4.79 Å². The molecule has 1 aromatic carbocycles. The molecule has 108 valence electrons. The topological polar surface area (TPSA) is 59.8 Å². The number of aromatic nitrogens is 3. The minimum atomic E-state index is -0.268. The molecule has 21 heavy (non-hydrogen) atoms. The summed E-state index contributed by atoms with van der Waals surface area (Å²) in [7, 11) is 0. The highest BCUT2D eigenvalue weighted by Crippen LogP contribution is 2.33. The van der Waals surface area contributed by atoms with Gasteiger partial charge in [0.2, 0.25) is 0 Å². The van der Waals surface area contributed by atoms with E-state index in [0.29, 0.717) is 15.8 Å². The summed E-state index contributed by atoms with van der Waals surface area (Å²) >= 11 is 7.52. The van der Waals surface area contributed by atoms with Crippen LogP contribution >= 0.6 is 22.9 Å². The van der Waals surface area contributed by atoms with Crippen LogP contribution in [0.4, 0.5) is 5.13 Å². The molecule has 0 aliphatic carbocycles. The molecule has 0 aliphatic rings. The average molecular weight is 321 g/mol. The van der Waals surface area contributed by atoms with Gasteiger partial charge in [0.05, 0.1) is 15.2 Å². The molecule has 0 bridgehead atoms. The van der Waals surface area contributed by atoms with Crippen LogP contribution in [-0.2, 0) is 6.54 Å². The molecule has 7 heteroatoms. The molecule has 3 rings (SSSR count). The number of rotatable bonds is 3. The van der Waals surface area contributed by atoms with E-state index >= 15 is 0 Å². The molecule has 2 aromatic heterocycles. The zero-order chi connectivity index (χ0) is 15.0. The van der Waals surface area contributed by atoms with Crippen LogP contribution in [0.25, 0.3) is 10.2 Å². The Morgan fingerprint density at radius 2 is 2.24 bits per heavy atom. The number of aryl methyl sites for hydroxylation is 2. The van der Waals surface area contributed by atoms with Gasteiger partial charge in [-0.3, -0.25) is 14.8 Å². The Bertz CT molecular complexity index is 785. The van der Waals surface area contributed by atoms with E-state index in [2.05, 4.69) is 15.4 Å². The summed E-state index contributed by atoms with van der Waals surface area (Å²) in [6.45, 7) is 4.66. The van der Waals surface area contributed by atoms with Gasteiger partial charge in [-0.15, -0.1) is 0 Å². The van der Waals surface area contributed by atoms with Crippen molar-refractivity contribution >= 4 is 44.2 Å². The van der Waals surface area contributed by atoms with E-state index in [4.69, 9.17) is 11.6 Å². The van der Waals surface area contributed by atoms with Crippen molar-refractivity contribution in [1.29, 1.82) is 0 Å². The van der Waals surface area contributed by atoms with Crippen molar-refractivity contribution in [3.63, 3.8) is 0 Å². The van der Waals surface area contributed by atoms with E-state index in [1.807, 2.05) is 26.0 Å². The number of fused-ring (bicyclic) bond motifs is 1. The highest BCUT2D eigenvalue weighted by Gasteiger charge is 2.14. The molecular weight excluding hydrogens is 308 g/mol. The highest BCUT2D eigenvalue weighted by atomic mass is 35.5. The third-order valence-corrected chi connectivity index (χ3v) is 4.55. The van der Waals surface area contributed by atoms with Crippen molar-refractivity contribution in [2.45, 2.75) is 20.4 Å². The molecule has 0 radical (unpaired) electrons. The van der Waals surface area contributed by atoms with Gasteiger partial charge in [-0.05, 0) is 31.5 Å².